The van der Waals surface area contributed by atoms with Gasteiger partial charge in [-0.2, -0.15) is 0 Å². The zero-order valence-electron chi connectivity index (χ0n) is 12.0. The summed E-state index contributed by atoms with van der Waals surface area (Å²) in [6.07, 6.45) is 4.04. The van der Waals surface area contributed by atoms with Crippen molar-refractivity contribution in [3.05, 3.63) is 24.2 Å². The quantitative estimate of drug-likeness (QED) is 0.877. The number of sulfonamides is 1. The van der Waals surface area contributed by atoms with E-state index >= 15 is 0 Å². The Hall–Kier alpha value is -1.34. The molecule has 0 bridgehead atoms. The molecule has 7 heteroatoms. The molecule has 1 amide bonds. The minimum atomic E-state index is -3.29. The van der Waals surface area contributed by atoms with Crippen molar-refractivity contribution in [1.29, 1.82) is 0 Å². The predicted octanol–water partition coefficient (Wildman–Crippen LogP) is 0.923. The van der Waals surface area contributed by atoms with E-state index in [-0.39, 0.29) is 29.5 Å². The number of rotatable bonds is 5. The molecular formula is C14H20N2O4S. The Morgan fingerprint density at radius 3 is 3.00 bits per heavy atom. The maximum atomic E-state index is 12.6. The second-order valence-corrected chi connectivity index (χ2v) is 7.75. The summed E-state index contributed by atoms with van der Waals surface area (Å²) in [5.41, 5.74) is 0. The Morgan fingerprint density at radius 1 is 1.52 bits per heavy atom. The number of furan rings is 1. The number of carbonyl (C=O) groups excluding carboxylic acids is 1. The molecule has 0 spiro atoms. The van der Waals surface area contributed by atoms with Gasteiger partial charge in [0.2, 0.25) is 15.9 Å². The summed E-state index contributed by atoms with van der Waals surface area (Å²) >= 11 is 0. The van der Waals surface area contributed by atoms with Crippen molar-refractivity contribution in [3.63, 3.8) is 0 Å². The molecule has 21 heavy (non-hydrogen) atoms. The molecule has 3 unspecified atom stereocenters. The Labute approximate surface area is 124 Å². The second-order valence-electron chi connectivity index (χ2n) is 5.78. The zero-order chi connectivity index (χ0) is 15.0. The molecule has 2 aliphatic rings. The van der Waals surface area contributed by atoms with E-state index in [4.69, 9.17) is 4.42 Å². The van der Waals surface area contributed by atoms with Crippen molar-refractivity contribution in [1.82, 2.24) is 9.62 Å². The van der Waals surface area contributed by atoms with Gasteiger partial charge in [-0.05, 0) is 38.4 Å². The van der Waals surface area contributed by atoms with Gasteiger partial charge in [0.15, 0.2) is 0 Å². The Morgan fingerprint density at radius 2 is 2.33 bits per heavy atom. The van der Waals surface area contributed by atoms with Gasteiger partial charge >= 0.3 is 0 Å². The maximum absolute atomic E-state index is 12.6. The molecule has 0 aromatic carbocycles. The normalized spacial score (nSPS) is 28.8. The smallest absolute Gasteiger partial charge is 0.226 e. The van der Waals surface area contributed by atoms with E-state index < -0.39 is 10.0 Å². The molecule has 6 nitrogen and oxygen atoms in total. The highest BCUT2D eigenvalue weighted by Crippen LogP contribution is 2.49. The average molecular weight is 312 g/mol. The van der Waals surface area contributed by atoms with E-state index in [9.17, 15) is 13.2 Å². The fraction of sp³-hybridized carbons (Fsp3) is 0.643. The highest BCUT2D eigenvalue weighted by molar-refractivity contribution is 7.89. The fourth-order valence-corrected chi connectivity index (χ4v) is 4.15. The molecule has 1 aliphatic carbocycles. The van der Waals surface area contributed by atoms with Gasteiger partial charge in [0, 0.05) is 24.4 Å². The molecule has 2 heterocycles. The van der Waals surface area contributed by atoms with E-state index in [0.717, 1.165) is 25.0 Å². The fourth-order valence-electron chi connectivity index (χ4n) is 3.13. The third-order valence-corrected chi connectivity index (χ3v) is 5.84. The number of nitrogens with one attached hydrogen (secondary N) is 1. The largest absolute Gasteiger partial charge is 0.469 e. The minimum Gasteiger partial charge on any atom is -0.469 e. The highest BCUT2D eigenvalue weighted by Gasteiger charge is 2.49. The number of amides is 1. The van der Waals surface area contributed by atoms with E-state index in [1.165, 1.54) is 7.05 Å². The van der Waals surface area contributed by atoms with Gasteiger partial charge < -0.3 is 9.32 Å². The lowest BCUT2D eigenvalue weighted by atomic mass is 10.2. The lowest BCUT2D eigenvalue weighted by Crippen LogP contribution is -2.42. The predicted molar refractivity (Wildman–Crippen MR) is 77.1 cm³/mol. The van der Waals surface area contributed by atoms with Gasteiger partial charge in [0.05, 0.1) is 12.0 Å². The number of hydrogen-bond donors (Lipinski definition) is 1. The molecule has 1 aromatic heterocycles. The third-order valence-electron chi connectivity index (χ3n) is 4.40. The topological polar surface area (TPSA) is 79.6 Å². The van der Waals surface area contributed by atoms with Crippen LogP contribution in [0.5, 0.6) is 0 Å². The van der Waals surface area contributed by atoms with Crippen LogP contribution in [0.1, 0.15) is 30.9 Å². The molecule has 3 atom stereocenters. The first-order chi connectivity index (χ1) is 10.0. The Balaban J connectivity index is 1.65. The molecule has 1 saturated heterocycles. The molecular weight excluding hydrogens is 292 g/mol. The Bertz CT molecular complexity index is 611. The lowest BCUT2D eigenvalue weighted by Gasteiger charge is -2.24. The summed E-state index contributed by atoms with van der Waals surface area (Å²) in [4.78, 5) is 14.3. The van der Waals surface area contributed by atoms with Crippen molar-refractivity contribution in [2.75, 3.05) is 19.3 Å². The van der Waals surface area contributed by atoms with Gasteiger partial charge in [-0.25, -0.2) is 13.1 Å². The van der Waals surface area contributed by atoms with Crippen molar-refractivity contribution in [2.24, 2.45) is 5.92 Å². The molecule has 116 valence electrons. The zero-order valence-corrected chi connectivity index (χ0v) is 12.8. The van der Waals surface area contributed by atoms with Crippen molar-refractivity contribution in [2.45, 2.75) is 31.2 Å². The molecule has 1 aliphatic heterocycles. The van der Waals surface area contributed by atoms with Crippen LogP contribution >= 0.6 is 0 Å². The first-order valence-corrected chi connectivity index (χ1v) is 8.92. The second kappa shape index (κ2) is 5.46. The average Bonchev–Trinajstić information content (AvgIpc) is 2.88. The number of likely N-dealkylation sites (tertiary alicyclic amines) is 1. The monoisotopic (exact) mass is 312 g/mol. The number of carbonyl (C=O) groups is 1. The van der Waals surface area contributed by atoms with E-state index in [2.05, 4.69) is 4.72 Å². The van der Waals surface area contributed by atoms with Gasteiger partial charge in [-0.15, -0.1) is 0 Å². The van der Waals surface area contributed by atoms with E-state index in [1.54, 1.807) is 11.2 Å². The summed E-state index contributed by atoms with van der Waals surface area (Å²) in [6.45, 7) is 0.657. The van der Waals surface area contributed by atoms with Gasteiger partial charge in [0.25, 0.3) is 0 Å². The van der Waals surface area contributed by atoms with Crippen LogP contribution in [-0.4, -0.2) is 44.6 Å². The van der Waals surface area contributed by atoms with Crippen LogP contribution in [0.3, 0.4) is 0 Å². The third kappa shape index (κ3) is 2.98. The van der Waals surface area contributed by atoms with Crippen LogP contribution in [0.15, 0.2) is 22.8 Å². The van der Waals surface area contributed by atoms with E-state index in [1.807, 2.05) is 12.1 Å². The maximum Gasteiger partial charge on any atom is 0.226 e. The summed E-state index contributed by atoms with van der Waals surface area (Å²) in [5, 5.41) is 0. The molecule has 2 fully saturated rings. The van der Waals surface area contributed by atoms with Gasteiger partial charge in [-0.3, -0.25) is 4.79 Å². The highest BCUT2D eigenvalue weighted by atomic mass is 32.2. The van der Waals surface area contributed by atoms with Crippen LogP contribution in [0, 0.1) is 5.92 Å². The van der Waals surface area contributed by atoms with Crippen molar-refractivity contribution in [3.8, 4) is 0 Å². The SMILES string of the molecule is CNS(=O)(=O)CC1CCCN1C(=O)C1CC1c1ccco1. The minimum absolute atomic E-state index is 0.00657. The van der Waals surface area contributed by atoms with Gasteiger partial charge in [0.1, 0.15) is 5.76 Å². The first kappa shape index (κ1) is 14.6. The lowest BCUT2D eigenvalue weighted by molar-refractivity contribution is -0.133. The number of hydrogen-bond acceptors (Lipinski definition) is 4. The summed E-state index contributed by atoms with van der Waals surface area (Å²) in [6, 6.07) is 3.52. The molecule has 1 aromatic rings. The molecule has 1 N–H and O–H groups in total. The van der Waals surface area contributed by atoms with Gasteiger partial charge in [-0.1, -0.05) is 0 Å². The standard InChI is InChI=1S/C14H20N2O4S/c1-15-21(18,19)9-10-4-2-6-16(10)14(17)12-8-11(12)13-5-3-7-20-13/h3,5,7,10-12,15H,2,4,6,8-9H2,1H3. The van der Waals surface area contributed by atoms with Crippen LogP contribution in [0.4, 0.5) is 0 Å². The first-order valence-electron chi connectivity index (χ1n) is 7.27. The number of nitrogens with zero attached hydrogens (tertiary/aromatic N) is 1. The van der Waals surface area contributed by atoms with Crippen LogP contribution in [0.25, 0.3) is 0 Å². The summed E-state index contributed by atoms with van der Waals surface area (Å²) < 4.78 is 31.1. The van der Waals surface area contributed by atoms with Crippen LogP contribution in [-0.2, 0) is 14.8 Å². The van der Waals surface area contributed by atoms with Crippen molar-refractivity contribution >= 4 is 15.9 Å². The van der Waals surface area contributed by atoms with E-state index in [0.29, 0.717) is 6.54 Å². The molecule has 3 rings (SSSR count). The van der Waals surface area contributed by atoms with Crippen LogP contribution in [0.2, 0.25) is 0 Å². The summed E-state index contributed by atoms with van der Waals surface area (Å²) in [7, 11) is -1.89. The van der Waals surface area contributed by atoms with Crippen molar-refractivity contribution < 1.29 is 17.6 Å². The van der Waals surface area contributed by atoms with Crippen LogP contribution < -0.4 is 4.72 Å². The molecule has 0 radical (unpaired) electrons. The molecule has 1 saturated carbocycles. The summed E-state index contributed by atoms with van der Waals surface area (Å²) in [5.74, 6) is 1.04. The Kier molecular flexibility index (Phi) is 3.79.